The topological polar surface area (TPSA) is 140 Å². The van der Waals surface area contributed by atoms with Gasteiger partial charge in [-0.3, -0.25) is 14.6 Å². The monoisotopic (exact) mass is 432 g/mol. The van der Waals surface area contributed by atoms with Gasteiger partial charge in [0.2, 0.25) is 5.16 Å². The first-order valence-corrected chi connectivity index (χ1v) is 9.28. The van der Waals surface area contributed by atoms with Gasteiger partial charge in [0.25, 0.3) is 5.91 Å². The Morgan fingerprint density at radius 1 is 1.48 bits per heavy atom. The van der Waals surface area contributed by atoms with Crippen LogP contribution in [0.3, 0.4) is 0 Å². The van der Waals surface area contributed by atoms with Crippen LogP contribution in [0.2, 0.25) is 0 Å². The number of carboxylic acid groups (broad SMARTS) is 1. The Balaban J connectivity index is 0.00000240. The molecule has 1 aromatic heterocycles. The number of aryl methyl sites for hydroxylation is 1. The van der Waals surface area contributed by atoms with E-state index in [4.69, 9.17) is 9.47 Å². The molecule has 0 aliphatic carbocycles. The van der Waals surface area contributed by atoms with E-state index in [2.05, 4.69) is 22.1 Å². The van der Waals surface area contributed by atoms with Crippen molar-refractivity contribution >= 4 is 59.3 Å². The third-order valence-corrected chi connectivity index (χ3v) is 5.69. The van der Waals surface area contributed by atoms with E-state index in [1.54, 1.807) is 7.05 Å². The van der Waals surface area contributed by atoms with E-state index < -0.39 is 36.2 Å². The Bertz CT molecular complexity index is 906. The third-order valence-electron chi connectivity index (χ3n) is 4.68. The zero-order valence-electron chi connectivity index (χ0n) is 14.7. The molecule has 0 aromatic carbocycles. The number of carbonyl (C=O) groups is 3. The Morgan fingerprint density at radius 3 is 2.86 bits per heavy atom. The first kappa shape index (κ1) is 21.6. The molecule has 150 valence electrons. The zero-order valence-corrected chi connectivity index (χ0v) is 15.5. The molecule has 3 aliphatic heterocycles. The van der Waals surface area contributed by atoms with Gasteiger partial charge in [-0.25, -0.2) is 14.3 Å². The number of likely N-dealkylation sites (tertiary alicyclic amines) is 1. The van der Waals surface area contributed by atoms with Gasteiger partial charge in [0.1, 0.15) is 30.6 Å². The molecule has 12 nitrogen and oxygen atoms in total. The number of rotatable bonds is 6. The quantitative estimate of drug-likeness (QED) is 0.246. The number of carbonyl (C=O) groups excluding carboxylic acids is 2. The van der Waals surface area contributed by atoms with Crippen molar-refractivity contribution in [3.63, 3.8) is 0 Å². The van der Waals surface area contributed by atoms with Crippen LogP contribution in [0.15, 0.2) is 29.3 Å². The molecule has 2 amide bonds. The molecular weight excluding hydrogens is 415 g/mol. The number of hydrogen-bond acceptors (Lipinski definition) is 9. The van der Waals surface area contributed by atoms with Gasteiger partial charge in [-0.05, 0) is 10.4 Å². The summed E-state index contributed by atoms with van der Waals surface area (Å²) in [5, 5.41) is 21.2. The summed E-state index contributed by atoms with van der Waals surface area (Å²) in [5.74, 6) is -1.49. The van der Waals surface area contributed by atoms with E-state index in [-0.39, 0.29) is 59.9 Å². The molecule has 0 saturated carbocycles. The van der Waals surface area contributed by atoms with Crippen molar-refractivity contribution < 1.29 is 29.0 Å². The minimum absolute atomic E-state index is 0. The number of aliphatic carboxylic acids is 1. The van der Waals surface area contributed by atoms with Crippen LogP contribution < -0.4 is 0 Å². The first-order chi connectivity index (χ1) is 13.4. The average molecular weight is 432 g/mol. The fraction of sp³-hybridized carbons (Fsp3) is 0.467. The number of ether oxygens (including phenoxy) is 2. The van der Waals surface area contributed by atoms with Crippen LogP contribution in [0.4, 0.5) is 4.79 Å². The Kier molecular flexibility index (Phi) is 6.22. The predicted octanol–water partition coefficient (Wildman–Crippen LogP) is -1.43. The molecule has 0 unspecified atom stereocenters. The standard InChI is InChI=1S/C15H16N6O6S.Na.H/c1-3-4-26-15(25)20-5-7-9-11(20)12(22)21(9)10(13(23)24)8(27-7)6-28-14-16-17-18-19(14)2;;/h3,7,9,11H,1,4-6H2,2H3,(H,23,24);;/t7-,9-,11+;;/m1../s1. The van der Waals surface area contributed by atoms with Crippen molar-refractivity contribution in [1.82, 2.24) is 30.0 Å². The fourth-order valence-electron chi connectivity index (χ4n) is 3.54. The summed E-state index contributed by atoms with van der Waals surface area (Å²) in [5.41, 5.74) is -0.216. The number of carboxylic acids is 1. The van der Waals surface area contributed by atoms with E-state index in [0.717, 1.165) is 0 Å². The molecule has 2 saturated heterocycles. The maximum absolute atomic E-state index is 12.6. The summed E-state index contributed by atoms with van der Waals surface area (Å²) in [6.45, 7) is 3.62. The minimum atomic E-state index is -1.27. The van der Waals surface area contributed by atoms with Gasteiger partial charge >= 0.3 is 41.6 Å². The first-order valence-electron chi connectivity index (χ1n) is 8.29. The second-order valence-corrected chi connectivity index (χ2v) is 7.21. The number of nitrogens with zero attached hydrogens (tertiary/aromatic N) is 6. The second kappa shape index (κ2) is 8.34. The molecule has 14 heteroatoms. The van der Waals surface area contributed by atoms with Crippen molar-refractivity contribution in [2.45, 2.75) is 23.3 Å². The molecule has 0 radical (unpaired) electrons. The van der Waals surface area contributed by atoms with Gasteiger partial charge in [0, 0.05) is 7.05 Å². The Morgan fingerprint density at radius 2 is 2.24 bits per heavy atom. The molecule has 3 aliphatic rings. The second-order valence-electron chi connectivity index (χ2n) is 6.27. The van der Waals surface area contributed by atoms with E-state index in [1.165, 1.54) is 32.3 Å². The summed E-state index contributed by atoms with van der Waals surface area (Å²) < 4.78 is 12.4. The summed E-state index contributed by atoms with van der Waals surface area (Å²) in [7, 11) is 1.65. The number of hydrogen-bond donors (Lipinski definition) is 1. The molecule has 1 N–H and O–H groups in total. The molecule has 4 heterocycles. The van der Waals surface area contributed by atoms with Crippen LogP contribution in [0.5, 0.6) is 0 Å². The summed E-state index contributed by atoms with van der Waals surface area (Å²) >= 11 is 1.18. The van der Waals surface area contributed by atoms with Crippen LogP contribution >= 0.6 is 11.8 Å². The fourth-order valence-corrected chi connectivity index (χ4v) is 4.32. The molecule has 4 rings (SSSR count). The molecule has 2 fully saturated rings. The molecule has 29 heavy (non-hydrogen) atoms. The van der Waals surface area contributed by atoms with Gasteiger partial charge in [-0.15, -0.1) is 5.10 Å². The van der Waals surface area contributed by atoms with Gasteiger partial charge < -0.3 is 14.6 Å². The average Bonchev–Trinajstić information content (AvgIpc) is 3.24. The van der Waals surface area contributed by atoms with E-state index >= 15 is 0 Å². The van der Waals surface area contributed by atoms with Crippen LogP contribution in [0.1, 0.15) is 0 Å². The number of amides is 2. The summed E-state index contributed by atoms with van der Waals surface area (Å²) in [6, 6.07) is -1.33. The SMILES string of the molecule is C=CCOC(=O)N1C[C@H]2OC(CSc3nnnn3C)=C(C(=O)O)N3C(=O)[C@@H]1[C@@H]23.[NaH]. The van der Waals surface area contributed by atoms with Crippen LogP contribution in [-0.4, -0.2) is 120 Å². The normalized spacial score (nSPS) is 24.3. The van der Waals surface area contributed by atoms with Crippen molar-refractivity contribution in [1.29, 1.82) is 0 Å². The number of β-lactam (4-membered cyclic amide) rings is 1. The van der Waals surface area contributed by atoms with Crippen LogP contribution in [0.25, 0.3) is 0 Å². The van der Waals surface area contributed by atoms with Crippen molar-refractivity contribution in [3.05, 3.63) is 24.1 Å². The van der Waals surface area contributed by atoms with Gasteiger partial charge in [-0.1, -0.05) is 24.4 Å². The molecule has 0 bridgehead atoms. The van der Waals surface area contributed by atoms with Gasteiger partial charge in [0.05, 0.1) is 12.3 Å². The van der Waals surface area contributed by atoms with E-state index in [0.29, 0.717) is 5.16 Å². The summed E-state index contributed by atoms with van der Waals surface area (Å²) in [4.78, 5) is 39.2. The predicted molar refractivity (Wildman–Crippen MR) is 98.9 cm³/mol. The molecule has 1 aromatic rings. The van der Waals surface area contributed by atoms with E-state index in [9.17, 15) is 19.5 Å². The summed E-state index contributed by atoms with van der Waals surface area (Å²) in [6.07, 6.45) is 0.233. The van der Waals surface area contributed by atoms with Gasteiger partial charge in [0.15, 0.2) is 5.70 Å². The third kappa shape index (κ3) is 3.52. The van der Waals surface area contributed by atoms with E-state index in [1.807, 2.05) is 0 Å². The Labute approximate surface area is 191 Å². The molecule has 0 spiro atoms. The zero-order chi connectivity index (χ0) is 20.0. The van der Waals surface area contributed by atoms with Crippen molar-refractivity contribution in [2.24, 2.45) is 7.05 Å². The van der Waals surface area contributed by atoms with Gasteiger partial charge in [-0.2, -0.15) is 0 Å². The van der Waals surface area contributed by atoms with Crippen LogP contribution in [-0.2, 0) is 26.1 Å². The molecular formula is C15H17N6NaO6S. The van der Waals surface area contributed by atoms with Crippen molar-refractivity contribution in [3.8, 4) is 0 Å². The molecule has 3 atom stereocenters. The number of aromatic nitrogens is 4. The van der Waals surface area contributed by atoms with Crippen LogP contribution in [0, 0.1) is 0 Å². The number of tetrazole rings is 1. The van der Waals surface area contributed by atoms with Crippen molar-refractivity contribution in [2.75, 3.05) is 18.9 Å². The number of thioether (sulfide) groups is 1. The maximum atomic E-state index is 12.6. The Hall–Kier alpha value is -2.09.